The largest absolute Gasteiger partial charge is 0.336 e. The lowest BCUT2D eigenvalue weighted by Crippen LogP contribution is -2.53. The van der Waals surface area contributed by atoms with Crippen LogP contribution in [-0.4, -0.2) is 47.3 Å². The Kier molecular flexibility index (Phi) is 2.61. The van der Waals surface area contributed by atoms with Crippen LogP contribution in [0.1, 0.15) is 38.5 Å². The lowest BCUT2D eigenvalue weighted by molar-refractivity contribution is -0.146. The lowest BCUT2D eigenvalue weighted by Gasteiger charge is -2.35. The second-order valence-electron chi connectivity index (χ2n) is 6.78. The summed E-state index contributed by atoms with van der Waals surface area (Å²) in [5.74, 6) is 2.16. The zero-order valence-corrected chi connectivity index (χ0v) is 11.4. The molecule has 0 bridgehead atoms. The molecule has 1 aliphatic heterocycles. The van der Waals surface area contributed by atoms with Gasteiger partial charge in [0.2, 0.25) is 11.8 Å². The average Bonchev–Trinajstić information content (AvgIpc) is 3.20. The van der Waals surface area contributed by atoms with Crippen LogP contribution < -0.4 is 0 Å². The number of carbonyl (C=O) groups excluding carboxylic acids is 2. The van der Waals surface area contributed by atoms with Gasteiger partial charge in [-0.15, -0.1) is 0 Å². The van der Waals surface area contributed by atoms with Crippen LogP contribution in [0.2, 0.25) is 0 Å². The molecule has 4 fully saturated rings. The average molecular weight is 262 g/mol. The summed E-state index contributed by atoms with van der Waals surface area (Å²) in [6.45, 7) is 1.86. The first-order valence-electron chi connectivity index (χ1n) is 7.82. The van der Waals surface area contributed by atoms with E-state index in [0.29, 0.717) is 18.5 Å². The van der Waals surface area contributed by atoms with Crippen LogP contribution in [-0.2, 0) is 9.59 Å². The summed E-state index contributed by atoms with van der Waals surface area (Å²) in [5, 5.41) is 0. The van der Waals surface area contributed by atoms with E-state index in [4.69, 9.17) is 0 Å². The van der Waals surface area contributed by atoms with Gasteiger partial charge >= 0.3 is 0 Å². The highest BCUT2D eigenvalue weighted by Gasteiger charge is 2.51. The standard InChI is InChI=1S/C15H22N2O2/c18-14-9-16(6-7-17(14)11-4-5-11)15(19)13-8-12(13)10-2-1-3-10/h10-13H,1-9H2/t12-,13+/m0/s1. The fourth-order valence-electron chi connectivity index (χ4n) is 3.77. The molecule has 0 aromatic carbocycles. The Bertz CT molecular complexity index is 414. The molecule has 0 radical (unpaired) electrons. The molecule has 4 heteroatoms. The van der Waals surface area contributed by atoms with Crippen LogP contribution in [0.3, 0.4) is 0 Å². The minimum atomic E-state index is 0.169. The van der Waals surface area contributed by atoms with Crippen molar-refractivity contribution in [3.8, 4) is 0 Å². The fraction of sp³-hybridized carbons (Fsp3) is 0.867. The Morgan fingerprint density at radius 1 is 1.11 bits per heavy atom. The third-order valence-electron chi connectivity index (χ3n) is 5.47. The number of nitrogens with zero attached hydrogens (tertiary/aromatic N) is 2. The maximum atomic E-state index is 12.4. The Balaban J connectivity index is 1.33. The van der Waals surface area contributed by atoms with Crippen molar-refractivity contribution >= 4 is 11.8 Å². The van der Waals surface area contributed by atoms with Gasteiger partial charge in [0.1, 0.15) is 0 Å². The summed E-state index contributed by atoms with van der Waals surface area (Å²) >= 11 is 0. The van der Waals surface area contributed by atoms with Crippen molar-refractivity contribution in [2.75, 3.05) is 19.6 Å². The topological polar surface area (TPSA) is 40.6 Å². The van der Waals surface area contributed by atoms with Gasteiger partial charge in [-0.3, -0.25) is 9.59 Å². The number of hydrogen-bond acceptors (Lipinski definition) is 2. The molecule has 1 heterocycles. The second kappa shape index (κ2) is 4.22. The van der Waals surface area contributed by atoms with Gasteiger partial charge in [-0.05, 0) is 31.1 Å². The molecule has 4 aliphatic rings. The summed E-state index contributed by atoms with van der Waals surface area (Å²) in [7, 11) is 0. The van der Waals surface area contributed by atoms with Crippen molar-refractivity contribution in [1.82, 2.24) is 9.80 Å². The first kappa shape index (κ1) is 11.7. The minimum absolute atomic E-state index is 0.169. The van der Waals surface area contributed by atoms with Gasteiger partial charge in [0.05, 0.1) is 6.54 Å². The molecule has 0 spiro atoms. The molecule has 3 aliphatic carbocycles. The number of piperazine rings is 1. The second-order valence-corrected chi connectivity index (χ2v) is 6.78. The Morgan fingerprint density at radius 3 is 2.47 bits per heavy atom. The number of hydrogen-bond donors (Lipinski definition) is 0. The lowest BCUT2D eigenvalue weighted by atomic mass is 9.81. The van der Waals surface area contributed by atoms with E-state index in [1.165, 1.54) is 19.3 Å². The SMILES string of the molecule is O=C([C@@H]1C[C@H]1C1CCC1)N1CCN(C2CC2)C(=O)C1. The molecule has 2 atom stereocenters. The summed E-state index contributed by atoms with van der Waals surface area (Å²) in [5.41, 5.74) is 0. The van der Waals surface area contributed by atoms with Gasteiger partial charge in [-0.25, -0.2) is 0 Å². The molecular formula is C15H22N2O2. The van der Waals surface area contributed by atoms with Gasteiger partial charge in [-0.2, -0.15) is 0 Å². The highest BCUT2D eigenvalue weighted by atomic mass is 16.2. The predicted octanol–water partition coefficient (Wildman–Crippen LogP) is 1.26. The maximum absolute atomic E-state index is 12.4. The third kappa shape index (κ3) is 2.05. The first-order valence-corrected chi connectivity index (χ1v) is 7.82. The Hall–Kier alpha value is -1.06. The Labute approximate surface area is 114 Å². The number of amides is 2. The van der Waals surface area contributed by atoms with Crippen LogP contribution >= 0.6 is 0 Å². The van der Waals surface area contributed by atoms with E-state index in [9.17, 15) is 9.59 Å². The van der Waals surface area contributed by atoms with Crippen molar-refractivity contribution in [3.63, 3.8) is 0 Å². The summed E-state index contributed by atoms with van der Waals surface area (Å²) in [6, 6.07) is 0.494. The molecule has 3 saturated carbocycles. The highest BCUT2D eigenvalue weighted by molar-refractivity contribution is 5.88. The zero-order chi connectivity index (χ0) is 13.0. The van der Waals surface area contributed by atoms with E-state index in [-0.39, 0.29) is 17.7 Å². The van der Waals surface area contributed by atoms with Crippen LogP contribution in [0.5, 0.6) is 0 Å². The molecule has 104 valence electrons. The van der Waals surface area contributed by atoms with E-state index >= 15 is 0 Å². The quantitative estimate of drug-likeness (QED) is 0.768. The normalized spacial score (nSPS) is 35.3. The number of rotatable bonds is 3. The highest BCUT2D eigenvalue weighted by Crippen LogP contribution is 2.52. The van der Waals surface area contributed by atoms with Crippen molar-refractivity contribution in [2.24, 2.45) is 17.8 Å². The van der Waals surface area contributed by atoms with Crippen molar-refractivity contribution in [3.05, 3.63) is 0 Å². The molecule has 0 aromatic rings. The molecule has 1 saturated heterocycles. The first-order chi connectivity index (χ1) is 9.24. The maximum Gasteiger partial charge on any atom is 0.242 e. The van der Waals surface area contributed by atoms with Crippen molar-refractivity contribution in [2.45, 2.75) is 44.6 Å². The van der Waals surface area contributed by atoms with E-state index in [1.807, 2.05) is 9.80 Å². The molecule has 2 amide bonds. The molecule has 19 heavy (non-hydrogen) atoms. The summed E-state index contributed by atoms with van der Waals surface area (Å²) in [4.78, 5) is 28.3. The van der Waals surface area contributed by atoms with Gasteiger partial charge in [0.15, 0.2) is 0 Å². The van der Waals surface area contributed by atoms with Crippen LogP contribution in [0, 0.1) is 17.8 Å². The van der Waals surface area contributed by atoms with Gasteiger partial charge in [0, 0.05) is 25.0 Å². The third-order valence-corrected chi connectivity index (χ3v) is 5.47. The molecule has 0 unspecified atom stereocenters. The molecule has 0 N–H and O–H groups in total. The monoisotopic (exact) mass is 262 g/mol. The van der Waals surface area contributed by atoms with E-state index in [2.05, 4.69) is 0 Å². The molecule has 4 nitrogen and oxygen atoms in total. The van der Waals surface area contributed by atoms with Gasteiger partial charge < -0.3 is 9.80 Å². The predicted molar refractivity (Wildman–Crippen MR) is 70.3 cm³/mol. The van der Waals surface area contributed by atoms with E-state index in [0.717, 1.165) is 38.3 Å². The van der Waals surface area contributed by atoms with Crippen molar-refractivity contribution < 1.29 is 9.59 Å². The zero-order valence-electron chi connectivity index (χ0n) is 11.4. The fourth-order valence-corrected chi connectivity index (χ4v) is 3.77. The van der Waals surface area contributed by atoms with Gasteiger partial charge in [0.25, 0.3) is 0 Å². The number of carbonyl (C=O) groups is 2. The van der Waals surface area contributed by atoms with Crippen molar-refractivity contribution in [1.29, 1.82) is 0 Å². The van der Waals surface area contributed by atoms with Crippen LogP contribution in [0.25, 0.3) is 0 Å². The molecule has 0 aromatic heterocycles. The van der Waals surface area contributed by atoms with E-state index in [1.54, 1.807) is 0 Å². The minimum Gasteiger partial charge on any atom is -0.336 e. The van der Waals surface area contributed by atoms with Crippen LogP contribution in [0.4, 0.5) is 0 Å². The smallest absolute Gasteiger partial charge is 0.242 e. The van der Waals surface area contributed by atoms with E-state index < -0.39 is 0 Å². The molecular weight excluding hydrogens is 240 g/mol. The summed E-state index contributed by atoms with van der Waals surface area (Å²) < 4.78 is 0. The van der Waals surface area contributed by atoms with Gasteiger partial charge in [-0.1, -0.05) is 19.3 Å². The Morgan fingerprint density at radius 2 is 1.89 bits per heavy atom. The summed E-state index contributed by atoms with van der Waals surface area (Å²) in [6.07, 6.45) is 7.39. The molecule has 4 rings (SSSR count). The van der Waals surface area contributed by atoms with Crippen LogP contribution in [0.15, 0.2) is 0 Å².